The number of hydrogen-bond donors (Lipinski definition) is 2. The van der Waals surface area contributed by atoms with Crippen LogP contribution in [-0.2, 0) is 12.2 Å². The fraction of sp³-hybridized carbons (Fsp3) is 0.214. The molecule has 0 saturated heterocycles. The third-order valence-electron chi connectivity index (χ3n) is 3.11. The molecule has 104 valence electrons. The molecule has 20 heavy (non-hydrogen) atoms. The van der Waals surface area contributed by atoms with Gasteiger partial charge in [0.25, 0.3) is 5.91 Å². The van der Waals surface area contributed by atoms with Gasteiger partial charge in [0, 0.05) is 26.5 Å². The van der Waals surface area contributed by atoms with Crippen LogP contribution < -0.4 is 11.1 Å². The van der Waals surface area contributed by atoms with Crippen LogP contribution in [0.3, 0.4) is 0 Å². The number of benzene rings is 1. The van der Waals surface area contributed by atoms with Crippen molar-refractivity contribution in [3.05, 3.63) is 44.1 Å². The first-order valence-electron chi connectivity index (χ1n) is 6.19. The molecule has 1 aliphatic rings. The van der Waals surface area contributed by atoms with E-state index in [9.17, 15) is 4.79 Å². The molecule has 1 aliphatic heterocycles. The predicted molar refractivity (Wildman–Crippen MR) is 90.7 cm³/mol. The third kappa shape index (κ3) is 2.87. The number of rotatable bonds is 2. The van der Waals surface area contributed by atoms with Gasteiger partial charge in [0.05, 0.1) is 4.88 Å². The van der Waals surface area contributed by atoms with Gasteiger partial charge in [0.15, 0.2) is 0 Å². The lowest BCUT2D eigenvalue weighted by molar-refractivity contribution is 0.103. The van der Waals surface area contributed by atoms with Crippen LogP contribution in [0.1, 0.15) is 20.1 Å². The number of aryl methyl sites for hydroxylation is 1. The fourth-order valence-corrected chi connectivity index (χ4v) is 4.70. The zero-order valence-electron chi connectivity index (χ0n) is 10.6. The molecule has 2 aromatic rings. The van der Waals surface area contributed by atoms with Crippen molar-refractivity contribution >= 4 is 56.3 Å². The maximum absolute atomic E-state index is 12.3. The summed E-state index contributed by atoms with van der Waals surface area (Å²) in [5.74, 6) is 2.12. The first-order valence-corrected chi connectivity index (χ1v) is 8.95. The largest absolute Gasteiger partial charge is 0.398 e. The van der Waals surface area contributed by atoms with E-state index in [-0.39, 0.29) is 5.91 Å². The van der Waals surface area contributed by atoms with Crippen molar-refractivity contribution in [2.75, 3.05) is 16.8 Å². The van der Waals surface area contributed by atoms with Gasteiger partial charge in [0.2, 0.25) is 0 Å². The first kappa shape index (κ1) is 14.0. The molecule has 3 N–H and O–H groups in total. The molecule has 0 radical (unpaired) electrons. The average Bonchev–Trinajstić information content (AvgIpc) is 2.87. The van der Waals surface area contributed by atoms with Gasteiger partial charge in [-0.2, -0.15) is 11.8 Å². The summed E-state index contributed by atoms with van der Waals surface area (Å²) >= 11 is 6.90. The summed E-state index contributed by atoms with van der Waals surface area (Å²) in [7, 11) is 0. The summed E-state index contributed by atoms with van der Waals surface area (Å²) in [6.07, 6.45) is 1.07. The topological polar surface area (TPSA) is 55.1 Å². The van der Waals surface area contributed by atoms with Gasteiger partial charge in [-0.05, 0) is 57.9 Å². The molecule has 3 rings (SSSR count). The highest BCUT2D eigenvalue weighted by Gasteiger charge is 2.17. The smallest absolute Gasteiger partial charge is 0.265 e. The van der Waals surface area contributed by atoms with Gasteiger partial charge in [-0.15, -0.1) is 11.3 Å². The second-order valence-electron chi connectivity index (χ2n) is 4.55. The van der Waals surface area contributed by atoms with Crippen molar-refractivity contribution in [3.8, 4) is 0 Å². The maximum atomic E-state index is 12.3. The minimum Gasteiger partial charge on any atom is -0.398 e. The van der Waals surface area contributed by atoms with E-state index in [1.54, 1.807) is 23.5 Å². The highest BCUT2D eigenvalue weighted by atomic mass is 79.9. The summed E-state index contributed by atoms with van der Waals surface area (Å²) in [5.41, 5.74) is 8.46. The van der Waals surface area contributed by atoms with Gasteiger partial charge in [-0.25, -0.2) is 0 Å². The molecule has 1 amide bonds. The monoisotopic (exact) mass is 368 g/mol. The van der Waals surface area contributed by atoms with Gasteiger partial charge < -0.3 is 11.1 Å². The number of nitrogens with one attached hydrogen (secondary N) is 1. The van der Waals surface area contributed by atoms with E-state index in [0.717, 1.165) is 33.0 Å². The first-order chi connectivity index (χ1) is 9.63. The second kappa shape index (κ2) is 5.79. The molecule has 0 bridgehead atoms. The molecule has 1 aromatic heterocycles. The standard InChI is InChI=1S/C14H13BrN2OS2/c15-10-6-9(1-2-11(10)16)17-14(18)13-5-8-7-19-4-3-12(8)20-13/h1-2,5-6H,3-4,7,16H2,(H,17,18). The minimum absolute atomic E-state index is 0.0499. The van der Waals surface area contributed by atoms with Crippen molar-refractivity contribution in [1.82, 2.24) is 0 Å². The van der Waals surface area contributed by atoms with Gasteiger partial charge >= 0.3 is 0 Å². The third-order valence-corrected chi connectivity index (χ3v) is 6.04. The van der Waals surface area contributed by atoms with Gasteiger partial charge in [-0.3, -0.25) is 4.79 Å². The van der Waals surface area contributed by atoms with E-state index in [4.69, 9.17) is 5.73 Å². The Morgan fingerprint density at radius 3 is 2.95 bits per heavy atom. The second-order valence-corrected chi connectivity index (χ2v) is 7.65. The number of hydrogen-bond acceptors (Lipinski definition) is 4. The number of nitrogens with two attached hydrogens (primary N) is 1. The summed E-state index contributed by atoms with van der Waals surface area (Å²) in [6, 6.07) is 7.42. The van der Waals surface area contributed by atoms with Gasteiger partial charge in [-0.1, -0.05) is 0 Å². The molecule has 0 spiro atoms. The SMILES string of the molecule is Nc1ccc(NC(=O)c2cc3c(s2)CCSC3)cc1Br. The zero-order valence-corrected chi connectivity index (χ0v) is 13.8. The number of thiophene rings is 1. The molecule has 1 aromatic carbocycles. The van der Waals surface area contributed by atoms with Crippen LogP contribution in [-0.4, -0.2) is 11.7 Å². The quantitative estimate of drug-likeness (QED) is 0.783. The van der Waals surface area contributed by atoms with E-state index < -0.39 is 0 Å². The van der Waals surface area contributed by atoms with Crippen LogP contribution >= 0.6 is 39.0 Å². The summed E-state index contributed by atoms with van der Waals surface area (Å²) in [4.78, 5) is 14.4. The predicted octanol–water partition coefficient (Wildman–Crippen LogP) is 4.13. The Balaban J connectivity index is 1.78. The maximum Gasteiger partial charge on any atom is 0.265 e. The molecule has 0 atom stereocenters. The van der Waals surface area contributed by atoms with Crippen molar-refractivity contribution in [3.63, 3.8) is 0 Å². The van der Waals surface area contributed by atoms with E-state index in [2.05, 4.69) is 21.2 Å². The Labute approximate surface area is 134 Å². The Hall–Kier alpha value is -0.980. The van der Waals surface area contributed by atoms with Crippen LogP contribution in [0.15, 0.2) is 28.7 Å². The Morgan fingerprint density at radius 2 is 2.20 bits per heavy atom. The number of thioether (sulfide) groups is 1. The highest BCUT2D eigenvalue weighted by molar-refractivity contribution is 9.10. The van der Waals surface area contributed by atoms with Crippen LogP contribution in [0.4, 0.5) is 11.4 Å². The Kier molecular flexibility index (Phi) is 4.05. The van der Waals surface area contributed by atoms with E-state index in [1.807, 2.05) is 23.9 Å². The Bertz CT molecular complexity index is 646. The van der Waals surface area contributed by atoms with Crippen LogP contribution in [0.2, 0.25) is 0 Å². The summed E-state index contributed by atoms with van der Waals surface area (Å²) < 4.78 is 0.789. The fourth-order valence-electron chi connectivity index (χ4n) is 2.06. The normalized spacial score (nSPS) is 13.8. The number of halogens is 1. The average molecular weight is 369 g/mol. The molecule has 0 saturated carbocycles. The van der Waals surface area contributed by atoms with Crippen molar-refractivity contribution in [1.29, 1.82) is 0 Å². The number of amides is 1. The molecule has 2 heterocycles. The highest BCUT2D eigenvalue weighted by Crippen LogP contribution is 2.32. The van der Waals surface area contributed by atoms with Crippen LogP contribution in [0, 0.1) is 0 Å². The number of carbonyl (C=O) groups excluding carboxylic acids is 1. The summed E-state index contributed by atoms with van der Waals surface area (Å²) in [5, 5.41) is 2.91. The molecule has 0 aliphatic carbocycles. The molecule has 0 fully saturated rings. The van der Waals surface area contributed by atoms with E-state index in [0.29, 0.717) is 5.69 Å². The summed E-state index contributed by atoms with van der Waals surface area (Å²) in [6.45, 7) is 0. The number of carbonyl (C=O) groups is 1. The zero-order chi connectivity index (χ0) is 14.1. The molecule has 0 unspecified atom stereocenters. The Morgan fingerprint density at radius 1 is 1.35 bits per heavy atom. The number of anilines is 2. The minimum atomic E-state index is -0.0499. The van der Waals surface area contributed by atoms with Gasteiger partial charge in [0.1, 0.15) is 0 Å². The van der Waals surface area contributed by atoms with Crippen LogP contribution in [0.5, 0.6) is 0 Å². The molecule has 3 nitrogen and oxygen atoms in total. The van der Waals surface area contributed by atoms with Crippen LogP contribution in [0.25, 0.3) is 0 Å². The van der Waals surface area contributed by atoms with E-state index >= 15 is 0 Å². The molecular formula is C14H13BrN2OS2. The lowest BCUT2D eigenvalue weighted by atomic mass is 10.2. The molecular weight excluding hydrogens is 356 g/mol. The lowest BCUT2D eigenvalue weighted by Gasteiger charge is -2.08. The van der Waals surface area contributed by atoms with Crippen molar-refractivity contribution in [2.24, 2.45) is 0 Å². The van der Waals surface area contributed by atoms with Crippen molar-refractivity contribution in [2.45, 2.75) is 12.2 Å². The van der Waals surface area contributed by atoms with Crippen molar-refractivity contribution < 1.29 is 4.79 Å². The number of fused-ring (bicyclic) bond motifs is 1. The number of nitrogen functional groups attached to an aromatic ring is 1. The van der Waals surface area contributed by atoms with E-state index in [1.165, 1.54) is 10.4 Å². The lowest BCUT2D eigenvalue weighted by Crippen LogP contribution is -2.10. The molecule has 6 heteroatoms.